The number of benzene rings is 1. The average molecular weight is 310 g/mol. The second-order valence-corrected chi connectivity index (χ2v) is 5.70. The zero-order valence-corrected chi connectivity index (χ0v) is 13.4. The third-order valence-corrected chi connectivity index (χ3v) is 4.02. The normalized spacial score (nSPS) is 11.2. The van der Waals surface area contributed by atoms with Crippen molar-refractivity contribution in [1.82, 2.24) is 5.32 Å². The SMILES string of the molecule is CCCC(CCC)(C(=O)NCc1ccc(F)cc1)C(N)=S. The van der Waals surface area contributed by atoms with E-state index in [1.165, 1.54) is 12.1 Å². The summed E-state index contributed by atoms with van der Waals surface area (Å²) in [6, 6.07) is 6.05. The minimum atomic E-state index is -0.779. The van der Waals surface area contributed by atoms with Gasteiger partial charge in [0.2, 0.25) is 5.91 Å². The van der Waals surface area contributed by atoms with Crippen molar-refractivity contribution in [3.63, 3.8) is 0 Å². The molecule has 0 atom stereocenters. The van der Waals surface area contributed by atoms with E-state index in [9.17, 15) is 9.18 Å². The first-order valence-corrected chi connectivity index (χ1v) is 7.69. The summed E-state index contributed by atoms with van der Waals surface area (Å²) in [5.41, 5.74) is 5.92. The summed E-state index contributed by atoms with van der Waals surface area (Å²) in [7, 11) is 0. The highest BCUT2D eigenvalue weighted by Crippen LogP contribution is 2.31. The molecule has 0 unspecified atom stereocenters. The Kier molecular flexibility index (Phi) is 6.75. The van der Waals surface area contributed by atoms with Crippen molar-refractivity contribution in [2.75, 3.05) is 0 Å². The lowest BCUT2D eigenvalue weighted by atomic mass is 9.78. The second-order valence-electron chi connectivity index (χ2n) is 5.26. The summed E-state index contributed by atoms with van der Waals surface area (Å²) >= 11 is 5.15. The second kappa shape index (κ2) is 8.08. The van der Waals surface area contributed by atoms with Crippen LogP contribution in [-0.2, 0) is 11.3 Å². The lowest BCUT2D eigenvalue weighted by Crippen LogP contribution is -2.48. The summed E-state index contributed by atoms with van der Waals surface area (Å²) in [4.78, 5) is 12.8. The molecule has 1 aromatic rings. The van der Waals surface area contributed by atoms with Crippen LogP contribution in [0.5, 0.6) is 0 Å². The van der Waals surface area contributed by atoms with Crippen molar-refractivity contribution in [2.45, 2.75) is 46.1 Å². The van der Waals surface area contributed by atoms with Gasteiger partial charge < -0.3 is 11.1 Å². The largest absolute Gasteiger partial charge is 0.392 e. The number of hydrogen-bond donors (Lipinski definition) is 2. The van der Waals surface area contributed by atoms with E-state index in [0.29, 0.717) is 19.4 Å². The lowest BCUT2D eigenvalue weighted by Gasteiger charge is -2.31. The van der Waals surface area contributed by atoms with Crippen LogP contribution in [0.15, 0.2) is 24.3 Å². The molecule has 0 aliphatic carbocycles. The molecule has 0 saturated heterocycles. The maximum atomic E-state index is 12.9. The van der Waals surface area contributed by atoms with Crippen molar-refractivity contribution in [2.24, 2.45) is 11.1 Å². The topological polar surface area (TPSA) is 55.1 Å². The van der Waals surface area contributed by atoms with Crippen molar-refractivity contribution < 1.29 is 9.18 Å². The van der Waals surface area contributed by atoms with Gasteiger partial charge in [-0.05, 0) is 30.5 Å². The maximum absolute atomic E-state index is 12.9. The van der Waals surface area contributed by atoms with Crippen molar-refractivity contribution >= 4 is 23.1 Å². The van der Waals surface area contributed by atoms with Crippen LogP contribution in [-0.4, -0.2) is 10.9 Å². The number of thiocarbonyl (C=S) groups is 1. The van der Waals surface area contributed by atoms with Crippen molar-refractivity contribution in [3.05, 3.63) is 35.6 Å². The number of hydrogen-bond acceptors (Lipinski definition) is 2. The fourth-order valence-corrected chi connectivity index (χ4v) is 2.81. The molecule has 0 radical (unpaired) electrons. The van der Waals surface area contributed by atoms with E-state index < -0.39 is 5.41 Å². The van der Waals surface area contributed by atoms with Gasteiger partial charge in [0.25, 0.3) is 0 Å². The van der Waals surface area contributed by atoms with Gasteiger partial charge in [0.05, 0.1) is 10.4 Å². The Morgan fingerprint density at radius 1 is 1.24 bits per heavy atom. The van der Waals surface area contributed by atoms with Gasteiger partial charge in [-0.15, -0.1) is 0 Å². The number of halogens is 1. The van der Waals surface area contributed by atoms with Crippen LogP contribution in [0.3, 0.4) is 0 Å². The molecule has 116 valence electrons. The fourth-order valence-electron chi connectivity index (χ4n) is 2.52. The van der Waals surface area contributed by atoms with Crippen LogP contribution < -0.4 is 11.1 Å². The molecular formula is C16H23FN2OS. The highest BCUT2D eigenvalue weighted by atomic mass is 32.1. The molecule has 0 bridgehead atoms. The Hall–Kier alpha value is -1.49. The number of nitrogens with two attached hydrogens (primary N) is 1. The highest BCUT2D eigenvalue weighted by molar-refractivity contribution is 7.80. The molecule has 0 spiro atoms. The van der Waals surface area contributed by atoms with E-state index in [2.05, 4.69) is 5.32 Å². The summed E-state index contributed by atoms with van der Waals surface area (Å²) in [6.45, 7) is 4.36. The summed E-state index contributed by atoms with van der Waals surface area (Å²) in [5.74, 6) is -0.428. The van der Waals surface area contributed by atoms with Crippen LogP contribution in [0.1, 0.15) is 45.1 Å². The Morgan fingerprint density at radius 3 is 2.19 bits per heavy atom. The molecule has 1 rings (SSSR count). The van der Waals surface area contributed by atoms with Gasteiger partial charge in [-0.25, -0.2) is 4.39 Å². The Bertz CT molecular complexity index is 482. The fraction of sp³-hybridized carbons (Fsp3) is 0.500. The van der Waals surface area contributed by atoms with Crippen LogP contribution >= 0.6 is 12.2 Å². The maximum Gasteiger partial charge on any atom is 0.233 e. The van der Waals surface area contributed by atoms with Gasteiger partial charge in [0, 0.05) is 6.54 Å². The molecule has 0 aliphatic rings. The van der Waals surface area contributed by atoms with Gasteiger partial charge in [-0.3, -0.25) is 4.79 Å². The van der Waals surface area contributed by atoms with Gasteiger partial charge in [0.15, 0.2) is 0 Å². The summed E-state index contributed by atoms with van der Waals surface area (Å²) < 4.78 is 12.9. The van der Waals surface area contributed by atoms with E-state index in [1.54, 1.807) is 12.1 Å². The zero-order valence-electron chi connectivity index (χ0n) is 12.6. The predicted molar refractivity (Wildman–Crippen MR) is 87.3 cm³/mol. The Balaban J connectivity index is 2.80. The van der Waals surface area contributed by atoms with E-state index in [4.69, 9.17) is 18.0 Å². The van der Waals surface area contributed by atoms with E-state index in [1.807, 2.05) is 13.8 Å². The molecule has 0 fully saturated rings. The minimum Gasteiger partial charge on any atom is -0.392 e. The number of amides is 1. The molecular weight excluding hydrogens is 287 g/mol. The van der Waals surface area contributed by atoms with E-state index >= 15 is 0 Å². The molecule has 1 amide bonds. The van der Waals surface area contributed by atoms with Gasteiger partial charge >= 0.3 is 0 Å². The molecule has 0 saturated carbocycles. The molecule has 3 N–H and O–H groups in total. The summed E-state index contributed by atoms with van der Waals surface area (Å²) in [5, 5.41) is 2.88. The van der Waals surface area contributed by atoms with Crippen LogP contribution in [0.25, 0.3) is 0 Å². The highest BCUT2D eigenvalue weighted by Gasteiger charge is 2.39. The number of carbonyl (C=O) groups excluding carboxylic acids is 1. The van der Waals surface area contributed by atoms with Crippen LogP contribution in [0.4, 0.5) is 4.39 Å². The van der Waals surface area contributed by atoms with Crippen molar-refractivity contribution in [1.29, 1.82) is 0 Å². The molecule has 5 heteroatoms. The lowest BCUT2D eigenvalue weighted by molar-refractivity contribution is -0.128. The number of carbonyl (C=O) groups is 1. The van der Waals surface area contributed by atoms with E-state index in [0.717, 1.165) is 18.4 Å². The quantitative estimate of drug-likeness (QED) is 0.724. The molecule has 3 nitrogen and oxygen atoms in total. The Morgan fingerprint density at radius 2 is 1.76 bits per heavy atom. The minimum absolute atomic E-state index is 0.136. The predicted octanol–water partition coefficient (Wildman–Crippen LogP) is 3.31. The smallest absolute Gasteiger partial charge is 0.233 e. The first-order valence-electron chi connectivity index (χ1n) is 7.29. The van der Waals surface area contributed by atoms with Crippen molar-refractivity contribution in [3.8, 4) is 0 Å². The molecule has 21 heavy (non-hydrogen) atoms. The summed E-state index contributed by atoms with van der Waals surface area (Å²) in [6.07, 6.45) is 2.96. The van der Waals surface area contributed by atoms with Crippen LogP contribution in [0, 0.1) is 11.2 Å². The molecule has 0 aromatic heterocycles. The van der Waals surface area contributed by atoms with E-state index in [-0.39, 0.29) is 16.7 Å². The first-order chi connectivity index (χ1) is 9.96. The van der Waals surface area contributed by atoms with Gasteiger partial charge in [0.1, 0.15) is 5.82 Å². The van der Waals surface area contributed by atoms with Crippen LogP contribution in [0.2, 0.25) is 0 Å². The molecule has 0 heterocycles. The molecule has 0 aliphatic heterocycles. The standard InChI is InChI=1S/C16H23FN2OS/c1-3-9-16(10-4-2,14(18)21)15(20)19-11-12-5-7-13(17)8-6-12/h5-8H,3-4,9-11H2,1-2H3,(H2,18,21)(H,19,20). The molecule has 1 aromatic carbocycles. The Labute approximate surface area is 131 Å². The third kappa shape index (κ3) is 4.49. The first kappa shape index (κ1) is 17.6. The number of nitrogens with one attached hydrogen (secondary N) is 1. The third-order valence-electron chi connectivity index (χ3n) is 3.63. The van der Waals surface area contributed by atoms with Gasteiger partial charge in [-0.1, -0.05) is 51.0 Å². The monoisotopic (exact) mass is 310 g/mol. The zero-order chi connectivity index (χ0) is 15.9. The van der Waals surface area contributed by atoms with Gasteiger partial charge in [-0.2, -0.15) is 0 Å². The number of rotatable bonds is 8. The average Bonchev–Trinajstić information content (AvgIpc) is 2.45.